The molecule has 1 heterocycles. The van der Waals surface area contributed by atoms with Crippen LogP contribution in [-0.2, 0) is 27.8 Å². The Morgan fingerprint density at radius 1 is 1.00 bits per heavy atom. The first-order chi connectivity index (χ1) is 18.3. The number of benzene rings is 4. The highest BCUT2D eigenvalue weighted by Crippen LogP contribution is 2.33. The maximum atomic E-state index is 13.9. The highest BCUT2D eigenvalue weighted by molar-refractivity contribution is 7.89. The maximum Gasteiger partial charge on any atom is 0.296 e. The van der Waals surface area contributed by atoms with E-state index in [-0.39, 0.29) is 29.2 Å². The van der Waals surface area contributed by atoms with Crippen molar-refractivity contribution in [2.24, 2.45) is 0 Å². The number of hydrogen-bond donors (Lipinski definition) is 1. The van der Waals surface area contributed by atoms with Crippen molar-refractivity contribution in [3.8, 4) is 5.75 Å². The fourth-order valence-electron chi connectivity index (χ4n) is 4.68. The summed E-state index contributed by atoms with van der Waals surface area (Å²) < 4.78 is 34.4. The number of hydrogen-bond acceptors (Lipinski definition) is 6. The molecule has 0 aliphatic carbocycles. The van der Waals surface area contributed by atoms with Crippen LogP contribution in [0, 0.1) is 10.1 Å². The Bertz CT molecular complexity index is 1650. The molecule has 0 saturated heterocycles. The zero-order valence-electron chi connectivity index (χ0n) is 20.5. The first kappa shape index (κ1) is 25.4. The number of nitrogens with zero attached hydrogens (tertiary/aromatic N) is 2. The molecule has 1 aliphatic rings. The van der Waals surface area contributed by atoms with Gasteiger partial charge >= 0.3 is 0 Å². The number of carbonyl (C=O) groups is 1. The van der Waals surface area contributed by atoms with Crippen molar-refractivity contribution in [3.05, 3.63) is 106 Å². The Hall–Kier alpha value is -4.28. The third-order valence-electron chi connectivity index (χ3n) is 6.57. The normalized spacial score (nSPS) is 15.6. The van der Waals surface area contributed by atoms with Gasteiger partial charge in [0.05, 0.1) is 22.5 Å². The van der Waals surface area contributed by atoms with Gasteiger partial charge in [-0.1, -0.05) is 54.6 Å². The third kappa shape index (κ3) is 4.83. The van der Waals surface area contributed by atoms with Crippen LogP contribution < -0.4 is 10.1 Å². The molecule has 0 bridgehead atoms. The molecule has 0 spiro atoms. The predicted octanol–water partition coefficient (Wildman–Crippen LogP) is 4.90. The highest BCUT2D eigenvalue weighted by Gasteiger charge is 2.40. The summed E-state index contributed by atoms with van der Waals surface area (Å²) in [6.07, 6.45) is 0.125. The molecule has 5 rings (SSSR count). The number of anilines is 1. The molecule has 0 aromatic heterocycles. The van der Waals surface area contributed by atoms with E-state index in [1.807, 2.05) is 48.5 Å². The van der Waals surface area contributed by atoms with Crippen LogP contribution in [-0.4, -0.2) is 36.2 Å². The first-order valence-corrected chi connectivity index (χ1v) is 13.5. The number of sulfonamides is 1. The minimum Gasteiger partial charge on any atom is -0.494 e. The SMILES string of the molecule is CCOc1ccc(NC(=O)C2Cc3ccccc3CN2S(=O)(=O)c2ccc3ccccc3c2)c([N+](=O)[O-])c1. The summed E-state index contributed by atoms with van der Waals surface area (Å²) in [5.41, 5.74) is 1.27. The standard InChI is InChI=1S/C28H25N3O6S/c1-2-37-23-12-14-25(26(17-23)31(33)34)29-28(32)27-16-21-9-5-6-10-22(21)18-30(27)38(35,36)24-13-11-19-7-3-4-8-20(19)15-24/h3-15,17,27H,2,16,18H2,1H3,(H,29,32). The van der Waals surface area contributed by atoms with Gasteiger partial charge in [0, 0.05) is 6.54 Å². The lowest BCUT2D eigenvalue weighted by Gasteiger charge is -2.35. The van der Waals surface area contributed by atoms with Gasteiger partial charge in [0.15, 0.2) is 0 Å². The van der Waals surface area contributed by atoms with Gasteiger partial charge in [0.1, 0.15) is 17.5 Å². The number of nitro groups is 1. The molecule has 4 aromatic rings. The van der Waals surface area contributed by atoms with Gasteiger partial charge in [0.2, 0.25) is 15.9 Å². The molecule has 4 aromatic carbocycles. The van der Waals surface area contributed by atoms with E-state index in [9.17, 15) is 23.3 Å². The van der Waals surface area contributed by atoms with Crippen LogP contribution in [0.25, 0.3) is 10.8 Å². The molecule has 0 radical (unpaired) electrons. The first-order valence-electron chi connectivity index (χ1n) is 12.1. The minimum absolute atomic E-state index is 0.00517. The van der Waals surface area contributed by atoms with Gasteiger partial charge in [-0.2, -0.15) is 4.31 Å². The fraction of sp³-hybridized carbons (Fsp3) is 0.179. The summed E-state index contributed by atoms with van der Waals surface area (Å²) in [5, 5.41) is 16.0. The largest absolute Gasteiger partial charge is 0.494 e. The van der Waals surface area contributed by atoms with Crippen LogP contribution in [0.15, 0.2) is 89.8 Å². The molecular weight excluding hydrogens is 506 g/mol. The van der Waals surface area contributed by atoms with E-state index < -0.39 is 26.9 Å². The smallest absolute Gasteiger partial charge is 0.296 e. The average molecular weight is 532 g/mol. The number of nitro benzene ring substituents is 1. The summed E-state index contributed by atoms with van der Waals surface area (Å²) in [5.74, 6) is -0.361. The number of carbonyl (C=O) groups excluding carboxylic acids is 1. The Morgan fingerprint density at radius 2 is 1.71 bits per heavy atom. The summed E-state index contributed by atoms with van der Waals surface area (Å²) in [4.78, 5) is 24.8. The lowest BCUT2D eigenvalue weighted by atomic mass is 9.95. The van der Waals surface area contributed by atoms with E-state index in [0.717, 1.165) is 21.9 Å². The van der Waals surface area contributed by atoms with E-state index in [0.29, 0.717) is 12.4 Å². The maximum absolute atomic E-state index is 13.9. The van der Waals surface area contributed by atoms with Crippen molar-refractivity contribution < 1.29 is 22.9 Å². The van der Waals surface area contributed by atoms with Crippen molar-refractivity contribution >= 4 is 38.1 Å². The molecule has 1 unspecified atom stereocenters. The lowest BCUT2D eigenvalue weighted by molar-refractivity contribution is -0.384. The molecule has 38 heavy (non-hydrogen) atoms. The molecule has 0 saturated carbocycles. The van der Waals surface area contributed by atoms with Crippen LogP contribution in [0.1, 0.15) is 18.1 Å². The molecule has 194 valence electrons. The van der Waals surface area contributed by atoms with Crippen LogP contribution in [0.4, 0.5) is 11.4 Å². The van der Waals surface area contributed by atoms with Gasteiger partial charge < -0.3 is 10.1 Å². The second-order valence-electron chi connectivity index (χ2n) is 8.91. The summed E-state index contributed by atoms with van der Waals surface area (Å²) >= 11 is 0. The summed E-state index contributed by atoms with van der Waals surface area (Å²) in [6.45, 7) is 2.08. The monoisotopic (exact) mass is 531 g/mol. The minimum atomic E-state index is -4.10. The van der Waals surface area contributed by atoms with Crippen molar-refractivity contribution in [1.29, 1.82) is 0 Å². The number of fused-ring (bicyclic) bond motifs is 2. The quantitative estimate of drug-likeness (QED) is 0.268. The molecule has 10 heteroatoms. The molecule has 1 amide bonds. The van der Waals surface area contributed by atoms with E-state index >= 15 is 0 Å². The van der Waals surface area contributed by atoms with Crippen molar-refractivity contribution in [1.82, 2.24) is 4.31 Å². The van der Waals surface area contributed by atoms with Gasteiger partial charge in [-0.15, -0.1) is 0 Å². The van der Waals surface area contributed by atoms with E-state index in [4.69, 9.17) is 4.74 Å². The lowest BCUT2D eigenvalue weighted by Crippen LogP contribution is -2.50. The molecule has 1 atom stereocenters. The van der Waals surface area contributed by atoms with E-state index in [1.165, 1.54) is 28.6 Å². The Kier molecular flexibility index (Phi) is 6.83. The summed E-state index contributed by atoms with van der Waals surface area (Å²) in [6, 6.07) is 22.7. The van der Waals surface area contributed by atoms with Crippen molar-refractivity contribution in [2.45, 2.75) is 30.8 Å². The second kappa shape index (κ2) is 10.2. The van der Waals surface area contributed by atoms with Crippen LogP contribution >= 0.6 is 0 Å². The topological polar surface area (TPSA) is 119 Å². The van der Waals surface area contributed by atoms with E-state index in [2.05, 4.69) is 5.32 Å². The Morgan fingerprint density at radius 3 is 2.45 bits per heavy atom. The van der Waals surface area contributed by atoms with Gasteiger partial charge in [-0.25, -0.2) is 8.42 Å². The van der Waals surface area contributed by atoms with Crippen LogP contribution in [0.2, 0.25) is 0 Å². The zero-order chi connectivity index (χ0) is 26.9. The number of ether oxygens (including phenoxy) is 1. The fourth-order valence-corrected chi connectivity index (χ4v) is 6.28. The molecular formula is C28H25N3O6S. The van der Waals surface area contributed by atoms with Crippen LogP contribution in [0.3, 0.4) is 0 Å². The third-order valence-corrected chi connectivity index (χ3v) is 8.42. The van der Waals surface area contributed by atoms with Crippen molar-refractivity contribution in [3.63, 3.8) is 0 Å². The molecule has 0 fully saturated rings. The highest BCUT2D eigenvalue weighted by atomic mass is 32.2. The van der Waals surface area contributed by atoms with E-state index in [1.54, 1.807) is 19.1 Å². The number of rotatable bonds is 7. The average Bonchev–Trinajstić information content (AvgIpc) is 2.92. The van der Waals surface area contributed by atoms with Gasteiger partial charge in [-0.05, 0) is 59.5 Å². The Balaban J connectivity index is 1.53. The van der Waals surface area contributed by atoms with Crippen molar-refractivity contribution in [2.75, 3.05) is 11.9 Å². The summed E-state index contributed by atoms with van der Waals surface area (Å²) in [7, 11) is -4.10. The second-order valence-corrected chi connectivity index (χ2v) is 10.8. The predicted molar refractivity (Wildman–Crippen MR) is 144 cm³/mol. The molecule has 1 aliphatic heterocycles. The van der Waals surface area contributed by atoms with Gasteiger partial charge in [0.25, 0.3) is 5.69 Å². The number of amides is 1. The van der Waals surface area contributed by atoms with Gasteiger partial charge in [-0.3, -0.25) is 14.9 Å². The molecule has 1 N–H and O–H groups in total. The molecule has 9 nitrogen and oxygen atoms in total. The number of nitrogens with one attached hydrogen (secondary N) is 1. The van der Waals surface area contributed by atoms with Crippen LogP contribution in [0.5, 0.6) is 5.75 Å². The zero-order valence-corrected chi connectivity index (χ0v) is 21.4. The Labute approximate surface area is 219 Å².